The SMILES string of the molecule is C=CCN(Cc1ccccc1)C(=O)NCc1ccc(OC)cc1. The molecule has 0 saturated carbocycles. The van der Waals surface area contributed by atoms with Gasteiger partial charge in [-0.2, -0.15) is 0 Å². The number of carbonyl (C=O) groups is 1. The van der Waals surface area contributed by atoms with Crippen molar-refractivity contribution in [3.8, 4) is 5.75 Å². The quantitative estimate of drug-likeness (QED) is 0.794. The fourth-order valence-corrected chi connectivity index (χ4v) is 2.21. The number of hydrogen-bond donors (Lipinski definition) is 1. The minimum absolute atomic E-state index is 0.107. The molecule has 2 rings (SSSR count). The summed E-state index contributed by atoms with van der Waals surface area (Å²) in [5, 5.41) is 2.94. The Bertz CT molecular complexity index is 624. The van der Waals surface area contributed by atoms with Crippen molar-refractivity contribution in [1.29, 1.82) is 0 Å². The summed E-state index contributed by atoms with van der Waals surface area (Å²) in [6.45, 7) is 5.26. The molecule has 23 heavy (non-hydrogen) atoms. The lowest BCUT2D eigenvalue weighted by atomic mass is 10.2. The maximum atomic E-state index is 12.4. The topological polar surface area (TPSA) is 41.6 Å². The second-order valence-corrected chi connectivity index (χ2v) is 5.16. The summed E-state index contributed by atoms with van der Waals surface area (Å²) >= 11 is 0. The summed E-state index contributed by atoms with van der Waals surface area (Å²) in [5.41, 5.74) is 2.12. The third-order valence-corrected chi connectivity index (χ3v) is 3.46. The first-order valence-electron chi connectivity index (χ1n) is 7.53. The highest BCUT2D eigenvalue weighted by atomic mass is 16.5. The number of urea groups is 1. The average molecular weight is 310 g/mol. The van der Waals surface area contributed by atoms with Crippen LogP contribution in [-0.2, 0) is 13.1 Å². The summed E-state index contributed by atoms with van der Waals surface area (Å²) in [5.74, 6) is 0.803. The van der Waals surface area contributed by atoms with E-state index >= 15 is 0 Å². The van der Waals surface area contributed by atoms with Gasteiger partial charge in [-0.25, -0.2) is 4.79 Å². The maximum absolute atomic E-state index is 12.4. The molecule has 120 valence electrons. The minimum Gasteiger partial charge on any atom is -0.497 e. The first-order valence-corrected chi connectivity index (χ1v) is 7.53. The number of carbonyl (C=O) groups excluding carboxylic acids is 1. The van der Waals surface area contributed by atoms with Crippen molar-refractivity contribution in [1.82, 2.24) is 10.2 Å². The minimum atomic E-state index is -0.107. The number of ether oxygens (including phenoxy) is 1. The van der Waals surface area contributed by atoms with Gasteiger partial charge in [-0.3, -0.25) is 0 Å². The van der Waals surface area contributed by atoms with Gasteiger partial charge in [-0.15, -0.1) is 6.58 Å². The normalized spacial score (nSPS) is 9.96. The zero-order chi connectivity index (χ0) is 16.5. The van der Waals surface area contributed by atoms with Gasteiger partial charge in [0.05, 0.1) is 7.11 Å². The Labute approximate surface area is 137 Å². The van der Waals surface area contributed by atoms with E-state index in [1.165, 1.54) is 0 Å². The molecule has 2 amide bonds. The predicted molar refractivity (Wildman–Crippen MR) is 92.3 cm³/mol. The Balaban J connectivity index is 1.93. The van der Waals surface area contributed by atoms with Gasteiger partial charge in [-0.1, -0.05) is 48.5 Å². The summed E-state index contributed by atoms with van der Waals surface area (Å²) in [7, 11) is 1.63. The van der Waals surface area contributed by atoms with Crippen molar-refractivity contribution in [3.05, 3.63) is 78.4 Å². The van der Waals surface area contributed by atoms with Gasteiger partial charge in [0.25, 0.3) is 0 Å². The molecule has 0 fully saturated rings. The molecular formula is C19H22N2O2. The standard InChI is InChI=1S/C19H22N2O2/c1-3-13-21(15-17-7-5-4-6-8-17)19(22)20-14-16-9-11-18(23-2)12-10-16/h3-12H,1,13-15H2,2H3,(H,20,22). The van der Waals surface area contributed by atoms with Crippen molar-refractivity contribution in [2.45, 2.75) is 13.1 Å². The third kappa shape index (κ3) is 5.18. The summed E-state index contributed by atoms with van der Waals surface area (Å²) in [6.07, 6.45) is 1.73. The van der Waals surface area contributed by atoms with E-state index in [0.29, 0.717) is 19.6 Å². The largest absolute Gasteiger partial charge is 0.497 e. The molecule has 0 aliphatic carbocycles. The number of hydrogen-bond acceptors (Lipinski definition) is 2. The molecule has 0 radical (unpaired) electrons. The molecular weight excluding hydrogens is 288 g/mol. The molecule has 1 N–H and O–H groups in total. The summed E-state index contributed by atoms with van der Waals surface area (Å²) in [6, 6.07) is 17.4. The first-order chi connectivity index (χ1) is 11.2. The van der Waals surface area contributed by atoms with Crippen LogP contribution < -0.4 is 10.1 Å². The smallest absolute Gasteiger partial charge is 0.318 e. The molecule has 0 saturated heterocycles. The van der Waals surface area contributed by atoms with Crippen LogP contribution in [0.4, 0.5) is 4.79 Å². The Hall–Kier alpha value is -2.75. The lowest BCUT2D eigenvalue weighted by Gasteiger charge is -2.22. The van der Waals surface area contributed by atoms with E-state index in [4.69, 9.17) is 4.74 Å². The zero-order valence-corrected chi connectivity index (χ0v) is 13.4. The molecule has 0 heterocycles. The maximum Gasteiger partial charge on any atom is 0.318 e. The molecule has 0 aliphatic heterocycles. The predicted octanol–water partition coefficient (Wildman–Crippen LogP) is 3.59. The number of nitrogens with one attached hydrogen (secondary N) is 1. The van der Waals surface area contributed by atoms with Gasteiger partial charge < -0.3 is 15.0 Å². The Morgan fingerprint density at radius 3 is 2.43 bits per heavy atom. The van der Waals surface area contributed by atoms with Crippen molar-refractivity contribution in [2.24, 2.45) is 0 Å². The second-order valence-electron chi connectivity index (χ2n) is 5.16. The fraction of sp³-hybridized carbons (Fsp3) is 0.211. The van der Waals surface area contributed by atoms with Gasteiger partial charge in [0, 0.05) is 19.6 Å². The third-order valence-electron chi connectivity index (χ3n) is 3.46. The van der Waals surface area contributed by atoms with E-state index in [9.17, 15) is 4.79 Å². The Morgan fingerprint density at radius 2 is 1.83 bits per heavy atom. The van der Waals surface area contributed by atoms with Gasteiger partial charge in [0.15, 0.2) is 0 Å². The number of amides is 2. The number of rotatable bonds is 7. The average Bonchev–Trinajstić information content (AvgIpc) is 2.60. The van der Waals surface area contributed by atoms with Crippen molar-refractivity contribution in [3.63, 3.8) is 0 Å². The first kappa shape index (κ1) is 16.6. The van der Waals surface area contributed by atoms with Gasteiger partial charge in [0.2, 0.25) is 0 Å². The van der Waals surface area contributed by atoms with Crippen molar-refractivity contribution >= 4 is 6.03 Å². The lowest BCUT2D eigenvalue weighted by molar-refractivity contribution is 0.200. The monoisotopic (exact) mass is 310 g/mol. The van der Waals surface area contributed by atoms with Crippen LogP contribution in [0.2, 0.25) is 0 Å². The highest BCUT2D eigenvalue weighted by Crippen LogP contribution is 2.11. The van der Waals surface area contributed by atoms with E-state index in [0.717, 1.165) is 16.9 Å². The second kappa shape index (κ2) is 8.63. The molecule has 0 aromatic heterocycles. The van der Waals surface area contributed by atoms with Crippen LogP contribution in [-0.4, -0.2) is 24.6 Å². The molecule has 0 aliphatic rings. The zero-order valence-electron chi connectivity index (χ0n) is 13.4. The summed E-state index contributed by atoms with van der Waals surface area (Å²) < 4.78 is 5.12. The molecule has 0 bridgehead atoms. The van der Waals surface area contributed by atoms with Gasteiger partial charge >= 0.3 is 6.03 Å². The highest BCUT2D eigenvalue weighted by molar-refractivity contribution is 5.74. The fourth-order valence-electron chi connectivity index (χ4n) is 2.21. The van der Waals surface area contributed by atoms with Gasteiger partial charge in [-0.05, 0) is 23.3 Å². The Kier molecular flexibility index (Phi) is 6.24. The van der Waals surface area contributed by atoms with Crippen LogP contribution in [0.5, 0.6) is 5.75 Å². The van der Waals surface area contributed by atoms with Crippen molar-refractivity contribution < 1.29 is 9.53 Å². The van der Waals surface area contributed by atoms with Crippen LogP contribution in [0.3, 0.4) is 0 Å². The van der Waals surface area contributed by atoms with Crippen LogP contribution in [0.25, 0.3) is 0 Å². The molecule has 4 nitrogen and oxygen atoms in total. The molecule has 2 aromatic rings. The van der Waals surface area contributed by atoms with E-state index in [1.54, 1.807) is 18.1 Å². The molecule has 4 heteroatoms. The van der Waals surface area contributed by atoms with Crippen LogP contribution >= 0.6 is 0 Å². The van der Waals surface area contributed by atoms with Crippen molar-refractivity contribution in [2.75, 3.05) is 13.7 Å². The van der Waals surface area contributed by atoms with Gasteiger partial charge in [0.1, 0.15) is 5.75 Å². The molecule has 2 aromatic carbocycles. The highest BCUT2D eigenvalue weighted by Gasteiger charge is 2.12. The lowest BCUT2D eigenvalue weighted by Crippen LogP contribution is -2.39. The Morgan fingerprint density at radius 1 is 1.13 bits per heavy atom. The number of nitrogens with zero attached hydrogens (tertiary/aromatic N) is 1. The van der Waals surface area contributed by atoms with E-state index in [2.05, 4.69) is 11.9 Å². The van der Waals surface area contributed by atoms with E-state index < -0.39 is 0 Å². The molecule has 0 unspecified atom stereocenters. The van der Waals surface area contributed by atoms with E-state index in [1.807, 2.05) is 54.6 Å². The van der Waals surface area contributed by atoms with Crippen LogP contribution in [0, 0.1) is 0 Å². The molecule has 0 atom stereocenters. The van der Waals surface area contributed by atoms with Crippen LogP contribution in [0.1, 0.15) is 11.1 Å². The van der Waals surface area contributed by atoms with Crippen LogP contribution in [0.15, 0.2) is 67.3 Å². The summed E-state index contributed by atoms with van der Waals surface area (Å²) in [4.78, 5) is 14.1. The molecule has 0 spiro atoms. The number of methoxy groups -OCH3 is 1. The van der Waals surface area contributed by atoms with E-state index in [-0.39, 0.29) is 6.03 Å². The number of benzene rings is 2.